The Labute approximate surface area is 106 Å². The molecule has 1 heterocycles. The van der Waals surface area contributed by atoms with Gasteiger partial charge in [-0.2, -0.15) is 0 Å². The van der Waals surface area contributed by atoms with E-state index in [1.807, 2.05) is 0 Å². The number of aromatic nitrogens is 1. The highest BCUT2D eigenvalue weighted by Gasteiger charge is 2.16. The van der Waals surface area contributed by atoms with Crippen LogP contribution in [0.1, 0.15) is 0 Å². The normalized spacial score (nSPS) is 10.1. The molecule has 0 aliphatic carbocycles. The summed E-state index contributed by atoms with van der Waals surface area (Å²) in [5, 5.41) is 13.4. The van der Waals surface area contributed by atoms with Crippen LogP contribution in [0.5, 0.6) is 0 Å². The fraction of sp³-hybridized carbons (Fsp3) is 0. The Morgan fingerprint density at radius 3 is 2.67 bits per heavy atom. The lowest BCUT2D eigenvalue weighted by molar-refractivity contribution is -0.384. The SMILES string of the molecule is O=[N+]([O-])c1ccc(Cl)nc1Nc1ccccc1F. The molecule has 0 fully saturated rings. The van der Waals surface area contributed by atoms with Crippen LogP contribution in [0.4, 0.5) is 21.6 Å². The predicted octanol–water partition coefficient (Wildman–Crippen LogP) is 3.53. The monoisotopic (exact) mass is 267 g/mol. The van der Waals surface area contributed by atoms with Crippen molar-refractivity contribution >= 4 is 28.8 Å². The van der Waals surface area contributed by atoms with Crippen LogP contribution in [-0.4, -0.2) is 9.91 Å². The van der Waals surface area contributed by atoms with Crippen molar-refractivity contribution in [3.05, 3.63) is 57.5 Å². The molecule has 1 N–H and O–H groups in total. The number of para-hydroxylation sites is 1. The molecule has 1 aromatic carbocycles. The number of anilines is 2. The topological polar surface area (TPSA) is 68.1 Å². The highest BCUT2D eigenvalue weighted by atomic mass is 35.5. The highest BCUT2D eigenvalue weighted by Crippen LogP contribution is 2.27. The van der Waals surface area contributed by atoms with Crippen molar-refractivity contribution in [1.82, 2.24) is 4.98 Å². The summed E-state index contributed by atoms with van der Waals surface area (Å²) in [6, 6.07) is 8.30. The van der Waals surface area contributed by atoms with Crippen molar-refractivity contribution in [3.8, 4) is 0 Å². The second-order valence-corrected chi connectivity index (χ2v) is 3.75. The zero-order valence-corrected chi connectivity index (χ0v) is 9.69. The molecule has 0 aliphatic rings. The number of benzene rings is 1. The number of nitrogens with one attached hydrogen (secondary N) is 1. The van der Waals surface area contributed by atoms with E-state index in [2.05, 4.69) is 10.3 Å². The first-order valence-corrected chi connectivity index (χ1v) is 5.28. The van der Waals surface area contributed by atoms with Crippen molar-refractivity contribution in [1.29, 1.82) is 0 Å². The van der Waals surface area contributed by atoms with Gasteiger partial charge in [0, 0.05) is 6.07 Å². The summed E-state index contributed by atoms with van der Waals surface area (Å²) in [5.74, 6) is -0.633. The van der Waals surface area contributed by atoms with Gasteiger partial charge in [-0.05, 0) is 18.2 Å². The van der Waals surface area contributed by atoms with Gasteiger partial charge in [0.15, 0.2) is 0 Å². The Bertz CT molecular complexity index is 607. The van der Waals surface area contributed by atoms with E-state index < -0.39 is 10.7 Å². The lowest BCUT2D eigenvalue weighted by Gasteiger charge is -2.07. The largest absolute Gasteiger partial charge is 0.332 e. The van der Waals surface area contributed by atoms with Gasteiger partial charge < -0.3 is 5.32 Å². The molecule has 0 saturated carbocycles. The van der Waals surface area contributed by atoms with Crippen LogP contribution in [0.25, 0.3) is 0 Å². The van der Waals surface area contributed by atoms with Crippen LogP contribution in [0.15, 0.2) is 36.4 Å². The van der Waals surface area contributed by atoms with E-state index in [9.17, 15) is 14.5 Å². The molecule has 2 aromatic rings. The first-order chi connectivity index (χ1) is 8.58. The van der Waals surface area contributed by atoms with Crippen molar-refractivity contribution in [3.63, 3.8) is 0 Å². The number of rotatable bonds is 3. The maximum Gasteiger partial charge on any atom is 0.311 e. The fourth-order valence-electron chi connectivity index (χ4n) is 1.36. The van der Waals surface area contributed by atoms with Crippen LogP contribution >= 0.6 is 11.6 Å². The molecule has 0 aliphatic heterocycles. The van der Waals surface area contributed by atoms with Gasteiger partial charge in [-0.3, -0.25) is 10.1 Å². The molecule has 0 saturated heterocycles. The zero-order chi connectivity index (χ0) is 13.1. The first kappa shape index (κ1) is 12.3. The van der Waals surface area contributed by atoms with Crippen LogP contribution in [0, 0.1) is 15.9 Å². The van der Waals surface area contributed by atoms with Crippen molar-refractivity contribution in [2.45, 2.75) is 0 Å². The molecule has 0 radical (unpaired) electrons. The van der Waals surface area contributed by atoms with Crippen molar-refractivity contribution < 1.29 is 9.31 Å². The summed E-state index contributed by atoms with van der Waals surface area (Å²) >= 11 is 5.66. The minimum atomic E-state index is -0.619. The van der Waals surface area contributed by atoms with Gasteiger partial charge in [-0.1, -0.05) is 23.7 Å². The van der Waals surface area contributed by atoms with Crippen LogP contribution in [-0.2, 0) is 0 Å². The highest BCUT2D eigenvalue weighted by molar-refractivity contribution is 6.29. The summed E-state index contributed by atoms with van der Waals surface area (Å²) in [7, 11) is 0. The Kier molecular flexibility index (Phi) is 3.38. The molecule has 0 spiro atoms. The van der Waals surface area contributed by atoms with E-state index in [-0.39, 0.29) is 22.3 Å². The molecule has 92 valence electrons. The smallest absolute Gasteiger partial charge is 0.311 e. The minimum Gasteiger partial charge on any atom is -0.332 e. The standard InChI is InChI=1S/C11H7ClFN3O2/c12-10-6-5-9(16(17)18)11(15-10)14-8-4-2-1-3-7(8)13/h1-6H,(H,14,15). The Balaban J connectivity index is 2.42. The number of hydrogen-bond donors (Lipinski definition) is 1. The van der Waals surface area contributed by atoms with Crippen LogP contribution in [0.2, 0.25) is 5.15 Å². The summed E-state index contributed by atoms with van der Waals surface area (Å²) in [4.78, 5) is 14.0. The summed E-state index contributed by atoms with van der Waals surface area (Å²) in [6.45, 7) is 0. The number of nitro groups is 1. The lowest BCUT2D eigenvalue weighted by atomic mass is 10.3. The van der Waals surface area contributed by atoms with Gasteiger partial charge in [0.1, 0.15) is 11.0 Å². The van der Waals surface area contributed by atoms with Gasteiger partial charge >= 0.3 is 5.69 Å². The molecular formula is C11H7ClFN3O2. The molecule has 1 aromatic heterocycles. The molecule has 0 amide bonds. The average Bonchev–Trinajstić information content (AvgIpc) is 2.32. The van der Waals surface area contributed by atoms with E-state index in [1.165, 1.54) is 30.3 Å². The lowest BCUT2D eigenvalue weighted by Crippen LogP contribution is -2.01. The minimum absolute atomic E-state index is 0.0828. The first-order valence-electron chi connectivity index (χ1n) is 4.90. The number of hydrogen-bond acceptors (Lipinski definition) is 4. The van der Waals surface area contributed by atoms with E-state index in [0.717, 1.165) is 0 Å². The average molecular weight is 268 g/mol. The second kappa shape index (κ2) is 4.97. The summed E-state index contributed by atoms with van der Waals surface area (Å²) in [6.07, 6.45) is 0. The third-order valence-electron chi connectivity index (χ3n) is 2.16. The van der Waals surface area contributed by atoms with Crippen molar-refractivity contribution in [2.24, 2.45) is 0 Å². The summed E-state index contributed by atoms with van der Waals surface area (Å²) < 4.78 is 13.4. The molecular weight excluding hydrogens is 261 g/mol. The predicted molar refractivity (Wildman–Crippen MR) is 65.6 cm³/mol. The maximum atomic E-state index is 13.4. The molecule has 2 rings (SSSR count). The van der Waals surface area contributed by atoms with Crippen LogP contribution < -0.4 is 5.32 Å². The van der Waals surface area contributed by atoms with Gasteiger partial charge in [0.2, 0.25) is 5.82 Å². The number of halogens is 2. The van der Waals surface area contributed by atoms with E-state index >= 15 is 0 Å². The van der Waals surface area contributed by atoms with E-state index in [4.69, 9.17) is 11.6 Å². The Hall–Kier alpha value is -2.21. The van der Waals surface area contributed by atoms with Crippen LogP contribution in [0.3, 0.4) is 0 Å². The second-order valence-electron chi connectivity index (χ2n) is 3.36. The van der Waals surface area contributed by atoms with Crippen molar-refractivity contribution in [2.75, 3.05) is 5.32 Å². The third kappa shape index (κ3) is 2.54. The third-order valence-corrected chi connectivity index (χ3v) is 2.37. The molecule has 0 atom stereocenters. The number of nitrogens with zero attached hydrogens (tertiary/aromatic N) is 2. The molecule has 7 heteroatoms. The maximum absolute atomic E-state index is 13.4. The van der Waals surface area contributed by atoms with E-state index in [0.29, 0.717) is 0 Å². The quantitative estimate of drug-likeness (QED) is 0.525. The molecule has 18 heavy (non-hydrogen) atoms. The van der Waals surface area contributed by atoms with E-state index in [1.54, 1.807) is 6.07 Å². The molecule has 0 bridgehead atoms. The molecule has 5 nitrogen and oxygen atoms in total. The van der Waals surface area contributed by atoms with Gasteiger partial charge in [0.25, 0.3) is 0 Å². The number of pyridine rings is 1. The summed E-state index contributed by atoms with van der Waals surface area (Å²) in [5.41, 5.74) is -0.182. The fourth-order valence-corrected chi connectivity index (χ4v) is 1.50. The Morgan fingerprint density at radius 2 is 2.00 bits per heavy atom. The Morgan fingerprint density at radius 1 is 1.28 bits per heavy atom. The van der Waals surface area contributed by atoms with Gasteiger partial charge in [-0.15, -0.1) is 0 Å². The zero-order valence-electron chi connectivity index (χ0n) is 8.93. The molecule has 0 unspecified atom stereocenters. The van der Waals surface area contributed by atoms with Gasteiger partial charge in [0.05, 0.1) is 10.6 Å². The van der Waals surface area contributed by atoms with Gasteiger partial charge in [-0.25, -0.2) is 9.37 Å².